The number of pyridine rings is 1. The first-order valence-corrected chi connectivity index (χ1v) is 5.88. The first-order chi connectivity index (χ1) is 7.84. The third-order valence-electron chi connectivity index (χ3n) is 2.56. The Kier molecular flexibility index (Phi) is 2.11. The molecule has 1 N–H and O–H groups in total. The Balaban J connectivity index is 2.31. The lowest BCUT2D eigenvalue weighted by Gasteiger charge is -2.00. The second-order valence-electron chi connectivity index (χ2n) is 3.58. The van der Waals surface area contributed by atoms with Gasteiger partial charge >= 0.3 is 0 Å². The van der Waals surface area contributed by atoms with Crippen molar-refractivity contribution in [2.75, 3.05) is 0 Å². The Bertz CT molecular complexity index is 682. The van der Waals surface area contributed by atoms with E-state index in [1.165, 1.54) is 4.88 Å². The fourth-order valence-corrected chi connectivity index (χ4v) is 2.49. The van der Waals surface area contributed by atoms with Gasteiger partial charge in [-0.05, 0) is 29.1 Å². The molecule has 3 rings (SSSR count). The van der Waals surface area contributed by atoms with E-state index in [0.717, 1.165) is 16.5 Å². The van der Waals surface area contributed by atoms with Crippen LogP contribution in [0.1, 0.15) is 0 Å². The maximum atomic E-state index is 11.7. The highest BCUT2D eigenvalue weighted by Gasteiger charge is 2.02. The topological polar surface area (TPSA) is 32.9 Å². The third kappa shape index (κ3) is 1.46. The lowest BCUT2D eigenvalue weighted by Crippen LogP contribution is -1.99. The van der Waals surface area contributed by atoms with Gasteiger partial charge < -0.3 is 4.98 Å². The number of rotatable bonds is 1. The molecule has 0 unspecified atom stereocenters. The number of hydrogen-bond donors (Lipinski definition) is 1. The molecule has 2 aromatic heterocycles. The minimum atomic E-state index is 0.0622. The summed E-state index contributed by atoms with van der Waals surface area (Å²) in [5.41, 5.74) is 2.04. The lowest BCUT2D eigenvalue weighted by molar-refractivity contribution is 1.39. The minimum absolute atomic E-state index is 0.0622. The molecule has 0 saturated heterocycles. The second kappa shape index (κ2) is 3.61. The van der Waals surface area contributed by atoms with Crippen molar-refractivity contribution >= 4 is 22.2 Å². The normalized spacial score (nSPS) is 10.8. The molecule has 0 amide bonds. The zero-order chi connectivity index (χ0) is 11.0. The molecule has 2 nitrogen and oxygen atoms in total. The van der Waals surface area contributed by atoms with Crippen LogP contribution in [0.15, 0.2) is 52.8 Å². The molecule has 0 aliphatic heterocycles. The maximum absolute atomic E-state index is 11.7. The fraction of sp³-hybridized carbons (Fsp3) is 0. The van der Waals surface area contributed by atoms with Crippen LogP contribution in [0.4, 0.5) is 0 Å². The van der Waals surface area contributed by atoms with E-state index in [1.54, 1.807) is 23.6 Å². The number of aromatic amines is 1. The lowest BCUT2D eigenvalue weighted by atomic mass is 10.1. The molecule has 0 saturated carbocycles. The van der Waals surface area contributed by atoms with Gasteiger partial charge in [0.1, 0.15) is 0 Å². The number of benzene rings is 1. The number of aromatic nitrogens is 1. The predicted molar refractivity (Wildman–Crippen MR) is 67.9 cm³/mol. The van der Waals surface area contributed by atoms with Gasteiger partial charge in [-0.3, -0.25) is 4.79 Å². The predicted octanol–water partition coefficient (Wildman–Crippen LogP) is 3.26. The van der Waals surface area contributed by atoms with Crippen LogP contribution in [0, 0.1) is 0 Å². The van der Waals surface area contributed by atoms with E-state index in [2.05, 4.69) is 11.1 Å². The van der Waals surface area contributed by atoms with E-state index >= 15 is 0 Å². The fourth-order valence-electron chi connectivity index (χ4n) is 1.77. The average Bonchev–Trinajstić information content (AvgIpc) is 2.83. The van der Waals surface area contributed by atoms with Crippen LogP contribution in [0.25, 0.3) is 21.3 Å². The summed E-state index contributed by atoms with van der Waals surface area (Å²) in [5.74, 6) is 0. The SMILES string of the molecule is O=c1cc[nH]c2ccc(-c3cccs3)cc12. The van der Waals surface area contributed by atoms with Crippen molar-refractivity contribution < 1.29 is 0 Å². The molecule has 3 heteroatoms. The highest BCUT2D eigenvalue weighted by atomic mass is 32.1. The van der Waals surface area contributed by atoms with Gasteiger partial charge in [0.25, 0.3) is 0 Å². The maximum Gasteiger partial charge on any atom is 0.189 e. The van der Waals surface area contributed by atoms with Crippen LogP contribution in [0.3, 0.4) is 0 Å². The van der Waals surface area contributed by atoms with Gasteiger partial charge in [0.05, 0.1) is 0 Å². The largest absolute Gasteiger partial charge is 0.361 e. The molecule has 0 fully saturated rings. The molecule has 0 atom stereocenters. The molecule has 2 heterocycles. The van der Waals surface area contributed by atoms with Crippen molar-refractivity contribution in [3.8, 4) is 10.4 Å². The van der Waals surface area contributed by atoms with Gasteiger partial charge in [0.2, 0.25) is 0 Å². The highest BCUT2D eigenvalue weighted by Crippen LogP contribution is 2.26. The zero-order valence-electron chi connectivity index (χ0n) is 8.44. The van der Waals surface area contributed by atoms with Crippen molar-refractivity contribution in [3.05, 3.63) is 58.2 Å². The van der Waals surface area contributed by atoms with E-state index < -0.39 is 0 Å². The molecule has 3 aromatic rings. The molecule has 0 bridgehead atoms. The number of H-pyrrole nitrogens is 1. The summed E-state index contributed by atoms with van der Waals surface area (Å²) in [6.45, 7) is 0. The summed E-state index contributed by atoms with van der Waals surface area (Å²) in [6.07, 6.45) is 1.68. The standard InChI is InChI=1S/C13H9NOS/c15-12-5-6-14-11-4-3-9(8-10(11)12)13-2-1-7-16-13/h1-8H,(H,14,15). The number of thiophene rings is 1. The van der Waals surface area contributed by atoms with Crippen molar-refractivity contribution in [1.29, 1.82) is 0 Å². The van der Waals surface area contributed by atoms with Crippen LogP contribution >= 0.6 is 11.3 Å². The molecule has 0 aliphatic carbocycles. The summed E-state index contributed by atoms with van der Waals surface area (Å²) in [7, 11) is 0. The summed E-state index contributed by atoms with van der Waals surface area (Å²) in [5, 5.41) is 2.78. The van der Waals surface area contributed by atoms with Crippen LogP contribution in [0.5, 0.6) is 0 Å². The molecule has 0 aliphatic rings. The summed E-state index contributed by atoms with van der Waals surface area (Å²) < 4.78 is 0. The third-order valence-corrected chi connectivity index (χ3v) is 3.48. The zero-order valence-corrected chi connectivity index (χ0v) is 9.25. The van der Waals surface area contributed by atoms with Crippen LogP contribution in [0.2, 0.25) is 0 Å². The smallest absolute Gasteiger partial charge is 0.189 e. The first-order valence-electron chi connectivity index (χ1n) is 5.00. The van der Waals surface area contributed by atoms with Crippen LogP contribution in [-0.2, 0) is 0 Å². The van der Waals surface area contributed by atoms with Crippen molar-refractivity contribution in [1.82, 2.24) is 4.98 Å². The molecular formula is C13H9NOS. The summed E-state index contributed by atoms with van der Waals surface area (Å²) in [6, 6.07) is 11.6. The van der Waals surface area contributed by atoms with Gasteiger partial charge in [-0.2, -0.15) is 0 Å². The Hall–Kier alpha value is -1.87. The quantitative estimate of drug-likeness (QED) is 0.680. The molecule has 0 radical (unpaired) electrons. The Morgan fingerprint density at radius 3 is 2.88 bits per heavy atom. The van der Waals surface area contributed by atoms with Gasteiger partial charge in [-0.1, -0.05) is 12.1 Å². The molecular weight excluding hydrogens is 218 g/mol. The van der Waals surface area contributed by atoms with Gasteiger partial charge in [-0.25, -0.2) is 0 Å². The van der Waals surface area contributed by atoms with Crippen molar-refractivity contribution in [2.24, 2.45) is 0 Å². The van der Waals surface area contributed by atoms with Gasteiger partial charge in [0.15, 0.2) is 5.43 Å². The Labute approximate surface area is 96.2 Å². The molecule has 78 valence electrons. The molecule has 1 aromatic carbocycles. The number of fused-ring (bicyclic) bond motifs is 1. The summed E-state index contributed by atoms with van der Waals surface area (Å²) >= 11 is 1.68. The van der Waals surface area contributed by atoms with E-state index in [-0.39, 0.29) is 5.43 Å². The van der Waals surface area contributed by atoms with Crippen molar-refractivity contribution in [2.45, 2.75) is 0 Å². The van der Waals surface area contributed by atoms with E-state index in [1.807, 2.05) is 29.6 Å². The molecule has 16 heavy (non-hydrogen) atoms. The van der Waals surface area contributed by atoms with Crippen molar-refractivity contribution in [3.63, 3.8) is 0 Å². The van der Waals surface area contributed by atoms with Crippen LogP contribution in [-0.4, -0.2) is 4.98 Å². The van der Waals surface area contributed by atoms with E-state index in [9.17, 15) is 4.79 Å². The Morgan fingerprint density at radius 1 is 1.12 bits per heavy atom. The minimum Gasteiger partial charge on any atom is -0.361 e. The Morgan fingerprint density at radius 2 is 2.06 bits per heavy atom. The van der Waals surface area contributed by atoms with E-state index in [0.29, 0.717) is 0 Å². The van der Waals surface area contributed by atoms with Crippen LogP contribution < -0.4 is 5.43 Å². The number of hydrogen-bond acceptors (Lipinski definition) is 2. The summed E-state index contributed by atoms with van der Waals surface area (Å²) in [4.78, 5) is 15.9. The highest BCUT2D eigenvalue weighted by molar-refractivity contribution is 7.13. The second-order valence-corrected chi connectivity index (χ2v) is 4.53. The molecule has 0 spiro atoms. The monoisotopic (exact) mass is 227 g/mol. The van der Waals surface area contributed by atoms with Gasteiger partial charge in [0, 0.05) is 28.0 Å². The van der Waals surface area contributed by atoms with Gasteiger partial charge in [-0.15, -0.1) is 11.3 Å². The average molecular weight is 227 g/mol. The first kappa shape index (κ1) is 9.36. The van der Waals surface area contributed by atoms with E-state index in [4.69, 9.17) is 0 Å². The number of nitrogens with one attached hydrogen (secondary N) is 1.